The summed E-state index contributed by atoms with van der Waals surface area (Å²) < 4.78 is 25.5. The Morgan fingerprint density at radius 2 is 1.92 bits per heavy atom. The number of hydrogen-bond acceptors (Lipinski definition) is 0. The van der Waals surface area contributed by atoms with Gasteiger partial charge in [0.05, 0.1) is 0 Å². The zero-order chi connectivity index (χ0) is 9.45. The molecule has 12 heavy (non-hydrogen) atoms. The first-order valence-electron chi connectivity index (χ1n) is 4.53. The lowest BCUT2D eigenvalue weighted by Gasteiger charge is -2.13. The van der Waals surface area contributed by atoms with Gasteiger partial charge in [-0.15, -0.1) is 0 Å². The van der Waals surface area contributed by atoms with E-state index in [0.29, 0.717) is 6.42 Å². The summed E-state index contributed by atoms with van der Waals surface area (Å²) in [6.45, 7) is 7.00. The molecule has 0 N–H and O–H groups in total. The number of hydrogen-bond donors (Lipinski definition) is 0. The number of rotatable bonds is 7. The molecule has 0 amide bonds. The molecule has 0 saturated carbocycles. The van der Waals surface area contributed by atoms with E-state index < -0.39 is 5.92 Å². The van der Waals surface area contributed by atoms with E-state index >= 15 is 0 Å². The summed E-state index contributed by atoms with van der Waals surface area (Å²) in [6.07, 6.45) is 4.35. The van der Waals surface area contributed by atoms with E-state index in [4.69, 9.17) is 6.58 Å². The predicted molar refractivity (Wildman–Crippen MR) is 47.2 cm³/mol. The lowest BCUT2D eigenvalue weighted by atomic mass is 10.1. The SMILES string of the molecule is [CH]=CCC(F)(F)CCCCCC. The second-order valence-corrected chi connectivity index (χ2v) is 3.11. The summed E-state index contributed by atoms with van der Waals surface area (Å²) in [5.41, 5.74) is 0. The number of unbranched alkanes of at least 4 members (excludes halogenated alkanes) is 3. The molecule has 0 aromatic carbocycles. The summed E-state index contributed by atoms with van der Waals surface area (Å²) >= 11 is 0. The van der Waals surface area contributed by atoms with E-state index in [1.165, 1.54) is 0 Å². The highest BCUT2D eigenvalue weighted by Gasteiger charge is 2.25. The van der Waals surface area contributed by atoms with Crippen molar-refractivity contribution in [3.05, 3.63) is 12.7 Å². The van der Waals surface area contributed by atoms with E-state index in [1.54, 1.807) is 0 Å². The van der Waals surface area contributed by atoms with Crippen LogP contribution in [0.5, 0.6) is 0 Å². The van der Waals surface area contributed by atoms with Crippen LogP contribution in [0.15, 0.2) is 6.08 Å². The van der Waals surface area contributed by atoms with Gasteiger partial charge < -0.3 is 0 Å². The van der Waals surface area contributed by atoms with Crippen molar-refractivity contribution in [3.63, 3.8) is 0 Å². The molecule has 0 aliphatic heterocycles. The number of alkyl halides is 2. The Morgan fingerprint density at radius 3 is 2.42 bits per heavy atom. The van der Waals surface area contributed by atoms with Gasteiger partial charge in [-0.1, -0.05) is 38.8 Å². The summed E-state index contributed by atoms with van der Waals surface area (Å²) in [5.74, 6) is -2.58. The zero-order valence-electron chi connectivity index (χ0n) is 7.65. The minimum atomic E-state index is -2.58. The summed E-state index contributed by atoms with van der Waals surface area (Å²) in [4.78, 5) is 0. The molecular formula is C10H17F2. The van der Waals surface area contributed by atoms with Gasteiger partial charge in [-0.3, -0.25) is 0 Å². The largest absolute Gasteiger partial charge is 0.251 e. The molecule has 0 aromatic rings. The van der Waals surface area contributed by atoms with Crippen LogP contribution in [0.1, 0.15) is 45.4 Å². The standard InChI is InChI=1S/C10H17F2/c1-3-5-6-7-9-10(11,12)8-4-2/h2,4H,3,5-9H2,1H3. The summed E-state index contributed by atoms with van der Waals surface area (Å²) in [6, 6.07) is 0. The molecular weight excluding hydrogens is 158 g/mol. The molecule has 0 nitrogen and oxygen atoms in total. The van der Waals surface area contributed by atoms with Crippen molar-refractivity contribution >= 4 is 0 Å². The van der Waals surface area contributed by atoms with Crippen LogP contribution in [0.25, 0.3) is 0 Å². The quantitative estimate of drug-likeness (QED) is 0.513. The molecule has 0 fully saturated rings. The van der Waals surface area contributed by atoms with Crippen molar-refractivity contribution in [2.24, 2.45) is 0 Å². The van der Waals surface area contributed by atoms with Gasteiger partial charge in [-0.2, -0.15) is 0 Å². The van der Waals surface area contributed by atoms with Crippen molar-refractivity contribution in [1.29, 1.82) is 0 Å². The van der Waals surface area contributed by atoms with Gasteiger partial charge >= 0.3 is 0 Å². The molecule has 0 bridgehead atoms. The van der Waals surface area contributed by atoms with Gasteiger partial charge in [0.2, 0.25) is 0 Å². The van der Waals surface area contributed by atoms with Crippen molar-refractivity contribution in [1.82, 2.24) is 0 Å². The number of halogens is 2. The van der Waals surface area contributed by atoms with Crippen LogP contribution in [0.2, 0.25) is 0 Å². The fourth-order valence-electron chi connectivity index (χ4n) is 1.08. The monoisotopic (exact) mass is 175 g/mol. The topological polar surface area (TPSA) is 0 Å². The maximum atomic E-state index is 12.7. The highest BCUT2D eigenvalue weighted by atomic mass is 19.3. The van der Waals surface area contributed by atoms with E-state index in [2.05, 4.69) is 6.92 Å². The zero-order valence-corrected chi connectivity index (χ0v) is 7.65. The van der Waals surface area contributed by atoms with E-state index in [-0.39, 0.29) is 12.8 Å². The highest BCUT2D eigenvalue weighted by molar-refractivity contribution is 4.76. The first-order chi connectivity index (χ1) is 5.62. The first-order valence-corrected chi connectivity index (χ1v) is 4.53. The molecule has 0 spiro atoms. The normalized spacial score (nSPS) is 11.6. The van der Waals surface area contributed by atoms with Gasteiger partial charge in [0.15, 0.2) is 0 Å². The van der Waals surface area contributed by atoms with Crippen molar-refractivity contribution in [2.75, 3.05) is 0 Å². The third kappa shape index (κ3) is 6.32. The van der Waals surface area contributed by atoms with Crippen LogP contribution >= 0.6 is 0 Å². The third-order valence-corrected chi connectivity index (χ3v) is 1.81. The Kier molecular flexibility index (Phi) is 5.95. The highest BCUT2D eigenvalue weighted by Crippen LogP contribution is 2.25. The lowest BCUT2D eigenvalue weighted by Crippen LogP contribution is -2.13. The Hall–Kier alpha value is -0.400. The lowest BCUT2D eigenvalue weighted by molar-refractivity contribution is -0.00678. The van der Waals surface area contributed by atoms with Crippen LogP contribution in [0.4, 0.5) is 8.78 Å². The van der Waals surface area contributed by atoms with Crippen molar-refractivity contribution in [2.45, 2.75) is 51.4 Å². The molecule has 1 radical (unpaired) electrons. The Balaban J connectivity index is 3.39. The average molecular weight is 175 g/mol. The predicted octanol–water partition coefficient (Wildman–Crippen LogP) is 3.97. The second-order valence-electron chi connectivity index (χ2n) is 3.11. The van der Waals surface area contributed by atoms with Gasteiger partial charge in [-0.05, 0) is 6.42 Å². The molecule has 0 aliphatic carbocycles. The molecule has 0 rings (SSSR count). The number of allylic oxidation sites excluding steroid dienone is 1. The second kappa shape index (κ2) is 6.15. The summed E-state index contributed by atoms with van der Waals surface area (Å²) in [7, 11) is 0. The Bertz CT molecular complexity index is 119. The molecule has 0 saturated heterocycles. The first kappa shape index (κ1) is 11.6. The van der Waals surface area contributed by atoms with Gasteiger partial charge in [-0.25, -0.2) is 8.78 Å². The van der Waals surface area contributed by atoms with Crippen molar-refractivity contribution < 1.29 is 8.78 Å². The molecule has 0 unspecified atom stereocenters. The molecule has 0 aliphatic rings. The fraction of sp³-hybridized carbons (Fsp3) is 0.800. The average Bonchev–Trinajstić information content (AvgIpc) is 1.98. The molecule has 0 atom stereocenters. The molecule has 71 valence electrons. The van der Waals surface area contributed by atoms with Crippen molar-refractivity contribution in [3.8, 4) is 0 Å². The van der Waals surface area contributed by atoms with Crippen LogP contribution in [-0.4, -0.2) is 5.92 Å². The Morgan fingerprint density at radius 1 is 1.25 bits per heavy atom. The van der Waals surface area contributed by atoms with Crippen LogP contribution < -0.4 is 0 Å². The van der Waals surface area contributed by atoms with Crippen LogP contribution in [0, 0.1) is 6.58 Å². The summed E-state index contributed by atoms with van der Waals surface area (Å²) in [5, 5.41) is 0. The van der Waals surface area contributed by atoms with Crippen LogP contribution in [-0.2, 0) is 0 Å². The Labute approximate surface area is 73.7 Å². The van der Waals surface area contributed by atoms with Gasteiger partial charge in [0.1, 0.15) is 0 Å². The fourth-order valence-corrected chi connectivity index (χ4v) is 1.08. The maximum Gasteiger partial charge on any atom is 0.251 e. The maximum absolute atomic E-state index is 12.7. The van der Waals surface area contributed by atoms with Gasteiger partial charge in [0, 0.05) is 12.8 Å². The smallest absolute Gasteiger partial charge is 0.207 e. The van der Waals surface area contributed by atoms with Crippen LogP contribution in [0.3, 0.4) is 0 Å². The molecule has 0 aromatic heterocycles. The van der Waals surface area contributed by atoms with E-state index in [1.807, 2.05) is 0 Å². The van der Waals surface area contributed by atoms with E-state index in [0.717, 1.165) is 25.3 Å². The molecule has 2 heteroatoms. The third-order valence-electron chi connectivity index (χ3n) is 1.81. The minimum absolute atomic E-state index is 0.0271. The van der Waals surface area contributed by atoms with E-state index in [9.17, 15) is 8.78 Å². The minimum Gasteiger partial charge on any atom is -0.207 e. The molecule has 0 heterocycles. The van der Waals surface area contributed by atoms with Gasteiger partial charge in [0.25, 0.3) is 5.92 Å².